The van der Waals surface area contributed by atoms with E-state index in [2.05, 4.69) is 10.2 Å². The van der Waals surface area contributed by atoms with Crippen LogP contribution in [0.5, 0.6) is 0 Å². The van der Waals surface area contributed by atoms with Crippen molar-refractivity contribution in [3.05, 3.63) is 23.8 Å². The normalized spacial score (nSPS) is 22.1. The third kappa shape index (κ3) is 4.94. The highest BCUT2D eigenvalue weighted by Gasteiger charge is 2.29. The zero-order valence-corrected chi connectivity index (χ0v) is 18.7. The topological polar surface area (TPSA) is 88.2 Å². The highest BCUT2D eigenvalue weighted by Crippen LogP contribution is 2.28. The van der Waals surface area contributed by atoms with Gasteiger partial charge in [-0.25, -0.2) is 8.42 Å². The second-order valence-electron chi connectivity index (χ2n) is 7.65. The van der Waals surface area contributed by atoms with Gasteiger partial charge in [0.1, 0.15) is 0 Å². The summed E-state index contributed by atoms with van der Waals surface area (Å²) in [5.74, 6) is 1.87. The maximum Gasteiger partial charge on any atom is 0.253 e. The first-order chi connectivity index (χ1) is 14.6. The third-order valence-electron chi connectivity index (χ3n) is 5.73. The largest absolute Gasteiger partial charge is 0.379 e. The zero-order valence-electron chi connectivity index (χ0n) is 17.0. The predicted molar refractivity (Wildman–Crippen MR) is 117 cm³/mol. The van der Waals surface area contributed by atoms with E-state index in [0.29, 0.717) is 58.2 Å². The Bertz CT molecular complexity index is 846. The number of morpholine rings is 2. The summed E-state index contributed by atoms with van der Waals surface area (Å²) in [6.45, 7) is 3.97. The van der Waals surface area contributed by atoms with E-state index in [9.17, 15) is 13.2 Å². The summed E-state index contributed by atoms with van der Waals surface area (Å²) in [5.41, 5.74) is 1.19. The van der Waals surface area contributed by atoms with Crippen molar-refractivity contribution in [2.75, 3.05) is 69.0 Å². The van der Waals surface area contributed by atoms with Crippen molar-refractivity contribution in [1.82, 2.24) is 9.62 Å². The van der Waals surface area contributed by atoms with Gasteiger partial charge in [0.25, 0.3) is 5.91 Å². The Morgan fingerprint density at radius 3 is 2.30 bits per heavy atom. The molecular formula is C20H29N3O5S2. The van der Waals surface area contributed by atoms with Gasteiger partial charge in [0.2, 0.25) is 10.0 Å². The standard InChI is InChI=1S/C20H29N3O5S2/c24-20(21-16-3-13-29-14-4-16)18-15-17(30(25,26)23-7-11-28-12-8-23)1-2-19(18)22-5-9-27-10-6-22/h1-2,15-16H,3-14H2,(H,21,24). The number of carbonyl (C=O) groups excluding carboxylic acids is 1. The summed E-state index contributed by atoms with van der Waals surface area (Å²) >= 11 is 1.90. The Kier molecular flexibility index (Phi) is 7.20. The molecule has 0 bridgehead atoms. The van der Waals surface area contributed by atoms with Crippen LogP contribution in [0.3, 0.4) is 0 Å². The molecule has 0 radical (unpaired) electrons. The number of nitrogens with zero attached hydrogens (tertiary/aromatic N) is 2. The highest BCUT2D eigenvalue weighted by molar-refractivity contribution is 7.99. The Labute approximate surface area is 182 Å². The number of hydrogen-bond donors (Lipinski definition) is 1. The summed E-state index contributed by atoms with van der Waals surface area (Å²) in [6.07, 6.45) is 1.88. The lowest BCUT2D eigenvalue weighted by Crippen LogP contribution is -2.42. The summed E-state index contributed by atoms with van der Waals surface area (Å²) < 4.78 is 38.4. The van der Waals surface area contributed by atoms with Gasteiger partial charge >= 0.3 is 0 Å². The van der Waals surface area contributed by atoms with Crippen molar-refractivity contribution in [2.45, 2.75) is 23.8 Å². The smallest absolute Gasteiger partial charge is 0.253 e. The maximum absolute atomic E-state index is 13.2. The molecule has 30 heavy (non-hydrogen) atoms. The fourth-order valence-electron chi connectivity index (χ4n) is 3.98. The molecule has 3 heterocycles. The minimum Gasteiger partial charge on any atom is -0.379 e. The first-order valence-electron chi connectivity index (χ1n) is 10.5. The van der Waals surface area contributed by atoms with Gasteiger partial charge in [-0.15, -0.1) is 0 Å². The number of carbonyl (C=O) groups is 1. The van der Waals surface area contributed by atoms with Gasteiger partial charge in [0.15, 0.2) is 0 Å². The molecule has 0 saturated carbocycles. The van der Waals surface area contributed by atoms with E-state index < -0.39 is 10.0 Å². The molecule has 1 aromatic rings. The third-order valence-corrected chi connectivity index (χ3v) is 8.67. The number of amides is 1. The van der Waals surface area contributed by atoms with Crippen molar-refractivity contribution in [3.8, 4) is 0 Å². The van der Waals surface area contributed by atoms with Crippen molar-refractivity contribution in [1.29, 1.82) is 0 Å². The zero-order chi connectivity index (χ0) is 21.0. The van der Waals surface area contributed by atoms with Crippen LogP contribution in [-0.2, 0) is 19.5 Å². The lowest BCUT2D eigenvalue weighted by molar-refractivity contribution is 0.0730. The summed E-state index contributed by atoms with van der Waals surface area (Å²) in [5, 5.41) is 3.13. The fourth-order valence-corrected chi connectivity index (χ4v) is 6.52. The number of benzene rings is 1. The first kappa shape index (κ1) is 21.9. The summed E-state index contributed by atoms with van der Waals surface area (Å²) in [7, 11) is -3.67. The highest BCUT2D eigenvalue weighted by atomic mass is 32.2. The van der Waals surface area contributed by atoms with E-state index in [4.69, 9.17) is 9.47 Å². The molecule has 3 aliphatic heterocycles. The number of nitrogens with one attached hydrogen (secondary N) is 1. The monoisotopic (exact) mass is 455 g/mol. The van der Waals surface area contributed by atoms with Crippen molar-refractivity contribution < 1.29 is 22.7 Å². The van der Waals surface area contributed by atoms with Crippen molar-refractivity contribution in [3.63, 3.8) is 0 Å². The Balaban J connectivity index is 1.64. The minimum absolute atomic E-state index is 0.135. The lowest BCUT2D eigenvalue weighted by Gasteiger charge is -2.31. The van der Waals surface area contributed by atoms with E-state index in [-0.39, 0.29) is 16.8 Å². The molecule has 0 spiro atoms. The molecule has 0 atom stereocenters. The molecule has 3 aliphatic rings. The van der Waals surface area contributed by atoms with E-state index in [0.717, 1.165) is 30.0 Å². The van der Waals surface area contributed by atoms with Crippen LogP contribution in [-0.4, -0.2) is 88.8 Å². The molecule has 1 aromatic carbocycles. The fraction of sp³-hybridized carbons (Fsp3) is 0.650. The molecule has 0 aliphatic carbocycles. The molecule has 1 N–H and O–H groups in total. The van der Waals surface area contributed by atoms with E-state index in [1.54, 1.807) is 18.2 Å². The van der Waals surface area contributed by atoms with Gasteiger partial charge in [-0.3, -0.25) is 4.79 Å². The molecule has 3 saturated heterocycles. The van der Waals surface area contributed by atoms with Gasteiger partial charge in [0.05, 0.1) is 36.9 Å². The lowest BCUT2D eigenvalue weighted by atomic mass is 10.1. The Morgan fingerprint density at radius 2 is 1.63 bits per heavy atom. The van der Waals surface area contributed by atoms with E-state index in [1.165, 1.54) is 4.31 Å². The summed E-state index contributed by atoms with van der Waals surface area (Å²) in [4.78, 5) is 15.5. The second-order valence-corrected chi connectivity index (χ2v) is 10.8. The Morgan fingerprint density at radius 1 is 1.00 bits per heavy atom. The number of anilines is 1. The van der Waals surface area contributed by atoms with Crippen molar-refractivity contribution >= 4 is 33.4 Å². The maximum atomic E-state index is 13.2. The van der Waals surface area contributed by atoms with Crippen LogP contribution in [0, 0.1) is 0 Å². The predicted octanol–water partition coefficient (Wildman–Crippen LogP) is 1.17. The molecule has 166 valence electrons. The first-order valence-corrected chi connectivity index (χ1v) is 13.1. The molecule has 8 nitrogen and oxygen atoms in total. The van der Waals surface area contributed by atoms with Crippen LogP contribution in [0.2, 0.25) is 0 Å². The molecule has 0 aromatic heterocycles. The summed E-state index contributed by atoms with van der Waals surface area (Å²) in [6, 6.07) is 5.06. The van der Waals surface area contributed by atoms with E-state index in [1.807, 2.05) is 11.8 Å². The molecule has 0 unspecified atom stereocenters. The van der Waals surface area contributed by atoms with Gasteiger partial charge in [-0.1, -0.05) is 0 Å². The van der Waals surface area contributed by atoms with Gasteiger partial charge in [-0.05, 0) is 42.5 Å². The quantitative estimate of drug-likeness (QED) is 0.713. The molecule has 3 fully saturated rings. The van der Waals surface area contributed by atoms with Crippen LogP contribution in [0.4, 0.5) is 5.69 Å². The second kappa shape index (κ2) is 9.86. The number of ether oxygens (including phenoxy) is 2. The van der Waals surface area contributed by atoms with Gasteiger partial charge in [0, 0.05) is 37.9 Å². The number of rotatable bonds is 5. The SMILES string of the molecule is O=C(NC1CCSCC1)c1cc(S(=O)(=O)N2CCOCC2)ccc1N1CCOCC1. The average molecular weight is 456 g/mol. The van der Waals surface area contributed by atoms with Crippen LogP contribution in [0.25, 0.3) is 0 Å². The Hall–Kier alpha value is -1.33. The van der Waals surface area contributed by atoms with Crippen LogP contribution in [0.15, 0.2) is 23.1 Å². The van der Waals surface area contributed by atoms with Crippen LogP contribution < -0.4 is 10.2 Å². The van der Waals surface area contributed by atoms with Crippen LogP contribution in [0.1, 0.15) is 23.2 Å². The van der Waals surface area contributed by atoms with Crippen LogP contribution >= 0.6 is 11.8 Å². The number of sulfonamides is 1. The number of hydrogen-bond acceptors (Lipinski definition) is 7. The van der Waals surface area contributed by atoms with Gasteiger partial charge < -0.3 is 19.7 Å². The number of thioether (sulfide) groups is 1. The molecule has 1 amide bonds. The average Bonchev–Trinajstić information content (AvgIpc) is 2.80. The molecular weight excluding hydrogens is 426 g/mol. The molecule has 4 rings (SSSR count). The van der Waals surface area contributed by atoms with Gasteiger partial charge in [-0.2, -0.15) is 16.1 Å². The van der Waals surface area contributed by atoms with E-state index >= 15 is 0 Å². The molecule has 10 heteroatoms. The van der Waals surface area contributed by atoms with Crippen molar-refractivity contribution in [2.24, 2.45) is 0 Å². The minimum atomic E-state index is -3.67.